The molecule has 0 spiro atoms. The third-order valence-electron chi connectivity index (χ3n) is 4.49. The highest BCUT2D eigenvalue weighted by atomic mass is 35.5. The van der Waals surface area contributed by atoms with Crippen molar-refractivity contribution in [2.24, 2.45) is 0 Å². The average molecular weight is 423 g/mol. The predicted molar refractivity (Wildman–Crippen MR) is 124 cm³/mol. The largest absolute Gasteiger partial charge is 0.550 e. The summed E-state index contributed by atoms with van der Waals surface area (Å²) < 4.78 is 2.10. The van der Waals surface area contributed by atoms with E-state index in [4.69, 9.17) is 21.5 Å². The molecule has 156 valence electrons. The smallest absolute Gasteiger partial charge is 0.199 e. The van der Waals surface area contributed by atoms with Crippen molar-refractivity contribution in [3.8, 4) is 0 Å². The van der Waals surface area contributed by atoms with E-state index >= 15 is 0 Å². The molecule has 1 aliphatic carbocycles. The number of nitrogens with zero attached hydrogens (tertiary/aromatic N) is 2. The number of carboxylic acid groups (broad SMARTS) is 1. The van der Waals surface area contributed by atoms with Crippen LogP contribution in [-0.4, -0.2) is 44.4 Å². The van der Waals surface area contributed by atoms with E-state index in [-0.39, 0.29) is 0 Å². The number of carbonyl (C=O) groups excluding carboxylic acids is 1. The van der Waals surface area contributed by atoms with Gasteiger partial charge in [0, 0.05) is 48.5 Å². The number of benzene rings is 2. The van der Waals surface area contributed by atoms with E-state index in [9.17, 15) is 0 Å². The summed E-state index contributed by atoms with van der Waals surface area (Å²) in [5.74, 6) is -1.08. The van der Waals surface area contributed by atoms with E-state index in [2.05, 4.69) is 64.1 Å². The van der Waals surface area contributed by atoms with Gasteiger partial charge in [-0.05, 0) is 54.0 Å². The van der Waals surface area contributed by atoms with Gasteiger partial charge in [-0.1, -0.05) is 41.9 Å². The lowest BCUT2D eigenvalue weighted by atomic mass is 9.90. The Balaban J connectivity index is 0.000000735. The minimum atomic E-state index is -1.08. The average Bonchev–Trinajstić information content (AvgIpc) is 2.70. The van der Waals surface area contributed by atoms with Crippen LogP contribution in [0.5, 0.6) is 0 Å². The van der Waals surface area contributed by atoms with Gasteiger partial charge in [-0.2, -0.15) is 0 Å². The third-order valence-corrected chi connectivity index (χ3v) is 4.82. The molecule has 0 saturated carbocycles. The summed E-state index contributed by atoms with van der Waals surface area (Å²) in [4.78, 5) is 11.0. The maximum atomic E-state index is 8.89. The molecule has 2 aromatic rings. The molecule has 0 aromatic heterocycles. The van der Waals surface area contributed by atoms with Gasteiger partial charge >= 0.3 is 0 Å². The van der Waals surface area contributed by atoms with Crippen LogP contribution in [0.2, 0.25) is 5.02 Å². The molecule has 0 aliphatic heterocycles. The van der Waals surface area contributed by atoms with Gasteiger partial charge in [0.15, 0.2) is 5.71 Å². The molecular weight excluding hydrogens is 396 g/mol. The van der Waals surface area contributed by atoms with Crippen molar-refractivity contribution < 1.29 is 14.5 Å². The van der Waals surface area contributed by atoms with Crippen molar-refractivity contribution in [2.45, 2.75) is 6.92 Å². The van der Waals surface area contributed by atoms with E-state index in [0.29, 0.717) is 0 Å². The van der Waals surface area contributed by atoms with Gasteiger partial charge in [-0.3, -0.25) is 0 Å². The Morgan fingerprint density at radius 1 is 0.933 bits per heavy atom. The van der Waals surface area contributed by atoms with Crippen LogP contribution < -0.4 is 10.0 Å². The minimum absolute atomic E-state index is 0.760. The van der Waals surface area contributed by atoms with Crippen LogP contribution in [0, 0.1) is 0 Å². The minimum Gasteiger partial charge on any atom is -0.550 e. The second-order valence-corrected chi connectivity index (χ2v) is 7.64. The first-order valence-electron chi connectivity index (χ1n) is 9.55. The molecule has 4 nitrogen and oxygen atoms in total. The number of rotatable bonds is 3. The fourth-order valence-electron chi connectivity index (χ4n) is 2.99. The molecule has 2 aromatic carbocycles. The summed E-state index contributed by atoms with van der Waals surface area (Å²) in [5, 5.41) is 9.65. The number of anilines is 1. The molecule has 1 aliphatic rings. The topological polar surface area (TPSA) is 46.4 Å². The fraction of sp³-hybridized carbons (Fsp3) is 0.200. The van der Waals surface area contributed by atoms with Crippen molar-refractivity contribution in [1.29, 1.82) is 0 Å². The summed E-state index contributed by atoms with van der Waals surface area (Å²) in [6.45, 7) is 0.972. The molecule has 0 saturated heterocycles. The van der Waals surface area contributed by atoms with Gasteiger partial charge in [0.05, 0.1) is 0 Å². The Labute approximate surface area is 183 Å². The Hall–Kier alpha value is -3.11. The summed E-state index contributed by atoms with van der Waals surface area (Å²) in [5.41, 5.74) is 6.85. The van der Waals surface area contributed by atoms with Gasteiger partial charge in [0.2, 0.25) is 0 Å². The van der Waals surface area contributed by atoms with Crippen molar-refractivity contribution in [1.82, 2.24) is 0 Å². The Bertz CT molecular complexity index is 1000. The number of hydrogen-bond donors (Lipinski definition) is 0. The Kier molecular flexibility index (Phi) is 8.19. The number of carboxylic acids is 1. The molecule has 0 fully saturated rings. The van der Waals surface area contributed by atoms with Gasteiger partial charge in [-0.15, -0.1) is 0 Å². The zero-order valence-corrected chi connectivity index (χ0v) is 18.8. The monoisotopic (exact) mass is 422 g/mol. The van der Waals surface area contributed by atoms with Crippen molar-refractivity contribution in [2.75, 3.05) is 33.1 Å². The SMILES string of the molecule is CC(=O)[O-].CN(C)c1ccc(C(=C2C=CC(=[N+](C)C)C=C2)c2ccccc2Cl)cc1. The standard InChI is InChI=1S/C23H24ClN2.C2H4O2/c1-25(2)19-13-9-17(10-14-19)23(21-7-5-6-8-22(21)24)18-11-15-20(16-12-18)26(3)4;1-2(3)4/h5-16H,1-4H3;1H3,(H,3,4)/q+1;/p-1. The molecule has 30 heavy (non-hydrogen) atoms. The highest BCUT2D eigenvalue weighted by Gasteiger charge is 2.15. The van der Waals surface area contributed by atoms with Gasteiger partial charge in [-0.25, -0.2) is 4.58 Å². The molecule has 0 unspecified atom stereocenters. The van der Waals surface area contributed by atoms with Crippen LogP contribution >= 0.6 is 11.6 Å². The van der Waals surface area contributed by atoms with Crippen LogP contribution in [-0.2, 0) is 4.79 Å². The van der Waals surface area contributed by atoms with Crippen LogP contribution in [0.25, 0.3) is 5.57 Å². The zero-order chi connectivity index (χ0) is 22.3. The highest BCUT2D eigenvalue weighted by Crippen LogP contribution is 2.34. The molecule has 0 atom stereocenters. The van der Waals surface area contributed by atoms with E-state index in [0.717, 1.165) is 34.2 Å². The second kappa shape index (κ2) is 10.6. The predicted octanol–water partition coefficient (Wildman–Crippen LogP) is 3.80. The first kappa shape index (κ1) is 23.2. The Morgan fingerprint density at radius 3 is 1.93 bits per heavy atom. The lowest BCUT2D eigenvalue weighted by molar-refractivity contribution is -0.462. The number of hydrogen-bond acceptors (Lipinski definition) is 3. The molecular formula is C25H27ClN2O2. The van der Waals surface area contributed by atoms with Crippen LogP contribution in [0.3, 0.4) is 0 Å². The maximum absolute atomic E-state index is 8.89. The number of aliphatic carboxylic acids is 1. The second-order valence-electron chi connectivity index (χ2n) is 7.23. The molecule has 0 N–H and O–H groups in total. The Morgan fingerprint density at radius 2 is 1.47 bits per heavy atom. The normalized spacial score (nSPS) is 12.2. The molecule has 0 heterocycles. The summed E-state index contributed by atoms with van der Waals surface area (Å²) in [7, 11) is 8.20. The zero-order valence-electron chi connectivity index (χ0n) is 18.0. The number of allylic oxidation sites excluding steroid dienone is 5. The van der Waals surface area contributed by atoms with E-state index in [1.54, 1.807) is 0 Å². The number of carbonyl (C=O) groups is 1. The lowest BCUT2D eigenvalue weighted by Crippen LogP contribution is -2.16. The number of halogens is 1. The summed E-state index contributed by atoms with van der Waals surface area (Å²) in [6, 6.07) is 16.6. The summed E-state index contributed by atoms with van der Waals surface area (Å²) in [6.07, 6.45) is 8.60. The first-order valence-corrected chi connectivity index (χ1v) is 9.93. The van der Waals surface area contributed by atoms with E-state index < -0.39 is 5.97 Å². The van der Waals surface area contributed by atoms with Crippen molar-refractivity contribution in [3.63, 3.8) is 0 Å². The van der Waals surface area contributed by atoms with Gasteiger partial charge in [0.1, 0.15) is 14.1 Å². The highest BCUT2D eigenvalue weighted by molar-refractivity contribution is 6.32. The van der Waals surface area contributed by atoms with E-state index in [1.807, 2.05) is 46.4 Å². The van der Waals surface area contributed by atoms with Crippen molar-refractivity contribution in [3.05, 3.63) is 94.6 Å². The first-order chi connectivity index (χ1) is 14.2. The molecule has 0 radical (unpaired) electrons. The van der Waals surface area contributed by atoms with Crippen LogP contribution in [0.15, 0.2) is 78.4 Å². The van der Waals surface area contributed by atoms with Gasteiger partial charge < -0.3 is 14.8 Å². The fourth-order valence-corrected chi connectivity index (χ4v) is 3.22. The molecule has 0 amide bonds. The molecule has 3 rings (SSSR count). The van der Waals surface area contributed by atoms with Crippen molar-refractivity contribution >= 4 is 34.5 Å². The third kappa shape index (κ3) is 6.19. The van der Waals surface area contributed by atoms with Crippen LogP contribution in [0.4, 0.5) is 5.69 Å². The van der Waals surface area contributed by atoms with E-state index in [1.165, 1.54) is 11.4 Å². The summed E-state index contributed by atoms with van der Waals surface area (Å²) >= 11 is 6.54. The molecule has 0 bridgehead atoms. The van der Waals surface area contributed by atoms with Gasteiger partial charge in [0.25, 0.3) is 0 Å². The maximum Gasteiger partial charge on any atom is 0.199 e. The van der Waals surface area contributed by atoms with Crippen LogP contribution in [0.1, 0.15) is 18.1 Å². The lowest BCUT2D eigenvalue weighted by Gasteiger charge is -2.17. The quantitative estimate of drug-likeness (QED) is 0.707. The molecule has 5 heteroatoms.